The fourth-order valence-electron chi connectivity index (χ4n) is 2.74. The van der Waals surface area contributed by atoms with E-state index in [1.54, 1.807) is 42.5 Å². The van der Waals surface area contributed by atoms with E-state index in [-0.39, 0.29) is 18.2 Å². The summed E-state index contributed by atoms with van der Waals surface area (Å²) in [6, 6.07) is 13.7. The smallest absolute Gasteiger partial charge is 0.269 e. The molecular formula is C24H31N3O5. The van der Waals surface area contributed by atoms with Crippen molar-refractivity contribution < 1.29 is 23.9 Å². The molecule has 0 heterocycles. The predicted octanol–water partition coefficient (Wildman–Crippen LogP) is 3.09. The van der Waals surface area contributed by atoms with Crippen molar-refractivity contribution in [3.8, 4) is 11.5 Å². The van der Waals surface area contributed by atoms with E-state index in [2.05, 4.69) is 30.0 Å². The van der Waals surface area contributed by atoms with Gasteiger partial charge in [-0.1, -0.05) is 32.0 Å². The standard InChI is InChI=1S/C24H31N3O5/c1-17(2)13-15-32-20-12-11-19(16-21(20)31-3)24(30)27-26-22(28)10-7-14-25-23(29)18-8-5-4-6-9-18/h4-6,8-9,11-12,16-17H,7,10,13-15H2,1-3H3,(H,25,29)(H,26,28)(H,27,30). The van der Waals surface area contributed by atoms with E-state index in [1.165, 1.54) is 7.11 Å². The van der Waals surface area contributed by atoms with Crippen LogP contribution >= 0.6 is 0 Å². The van der Waals surface area contributed by atoms with Crippen molar-refractivity contribution in [3.05, 3.63) is 59.7 Å². The molecule has 2 rings (SSSR count). The molecule has 0 saturated carbocycles. The first kappa shape index (κ1) is 24.7. The van der Waals surface area contributed by atoms with Crippen LogP contribution in [0.15, 0.2) is 48.5 Å². The number of hydrazine groups is 1. The first-order valence-electron chi connectivity index (χ1n) is 10.6. The second-order valence-corrected chi connectivity index (χ2v) is 7.62. The largest absolute Gasteiger partial charge is 0.493 e. The Bertz CT molecular complexity index is 900. The van der Waals surface area contributed by atoms with Crippen LogP contribution < -0.4 is 25.6 Å². The summed E-state index contributed by atoms with van der Waals surface area (Å²) in [5.74, 6) is 0.517. The first-order chi connectivity index (χ1) is 15.4. The van der Waals surface area contributed by atoms with Gasteiger partial charge in [0.1, 0.15) is 0 Å². The summed E-state index contributed by atoms with van der Waals surface area (Å²) in [5.41, 5.74) is 5.65. The van der Waals surface area contributed by atoms with E-state index in [1.807, 2.05) is 6.07 Å². The van der Waals surface area contributed by atoms with Crippen LogP contribution in [-0.2, 0) is 4.79 Å². The molecule has 0 aliphatic carbocycles. The highest BCUT2D eigenvalue weighted by atomic mass is 16.5. The summed E-state index contributed by atoms with van der Waals surface area (Å²) in [4.78, 5) is 36.2. The van der Waals surface area contributed by atoms with E-state index in [9.17, 15) is 14.4 Å². The average molecular weight is 442 g/mol. The summed E-state index contributed by atoms with van der Waals surface area (Å²) < 4.78 is 11.0. The lowest BCUT2D eigenvalue weighted by Gasteiger charge is -2.13. The maximum Gasteiger partial charge on any atom is 0.269 e. The van der Waals surface area contributed by atoms with E-state index < -0.39 is 5.91 Å². The molecule has 3 N–H and O–H groups in total. The van der Waals surface area contributed by atoms with Gasteiger partial charge in [-0.05, 0) is 49.1 Å². The SMILES string of the molecule is COc1cc(C(=O)NNC(=O)CCCNC(=O)c2ccccc2)ccc1OCCC(C)C. The highest BCUT2D eigenvalue weighted by molar-refractivity contribution is 5.96. The van der Waals surface area contributed by atoms with E-state index in [0.717, 1.165) is 6.42 Å². The summed E-state index contributed by atoms with van der Waals surface area (Å²) >= 11 is 0. The maximum absolute atomic E-state index is 12.3. The van der Waals surface area contributed by atoms with Crippen molar-refractivity contribution in [1.29, 1.82) is 0 Å². The third-order valence-corrected chi connectivity index (χ3v) is 4.60. The van der Waals surface area contributed by atoms with E-state index in [4.69, 9.17) is 9.47 Å². The number of hydrogen-bond donors (Lipinski definition) is 3. The predicted molar refractivity (Wildman–Crippen MR) is 122 cm³/mol. The van der Waals surface area contributed by atoms with Crippen LogP contribution in [0.25, 0.3) is 0 Å². The van der Waals surface area contributed by atoms with Crippen LogP contribution in [0.2, 0.25) is 0 Å². The molecule has 0 aromatic heterocycles. The van der Waals surface area contributed by atoms with Crippen molar-refractivity contribution >= 4 is 17.7 Å². The second kappa shape index (κ2) is 13.0. The van der Waals surface area contributed by atoms with Gasteiger partial charge in [0.25, 0.3) is 11.8 Å². The summed E-state index contributed by atoms with van der Waals surface area (Å²) in [7, 11) is 1.50. The normalized spacial score (nSPS) is 10.4. The molecule has 0 saturated heterocycles. The summed E-state index contributed by atoms with van der Waals surface area (Å²) in [5, 5.41) is 2.75. The molecule has 0 atom stereocenters. The maximum atomic E-state index is 12.3. The third-order valence-electron chi connectivity index (χ3n) is 4.60. The Kier molecular flexibility index (Phi) is 10.0. The topological polar surface area (TPSA) is 106 Å². The molecule has 2 aromatic rings. The molecular weight excluding hydrogens is 410 g/mol. The van der Waals surface area contributed by atoms with E-state index >= 15 is 0 Å². The summed E-state index contributed by atoms with van der Waals surface area (Å²) in [6.07, 6.45) is 1.51. The van der Waals surface area contributed by atoms with Gasteiger partial charge in [0.2, 0.25) is 5.91 Å². The number of methoxy groups -OCH3 is 1. The molecule has 0 aliphatic heterocycles. The average Bonchev–Trinajstić information content (AvgIpc) is 2.80. The summed E-state index contributed by atoms with van der Waals surface area (Å²) in [6.45, 7) is 5.14. The van der Waals surface area contributed by atoms with Crippen molar-refractivity contribution in [2.75, 3.05) is 20.3 Å². The number of carbonyl (C=O) groups is 3. The van der Waals surface area contributed by atoms with Crippen LogP contribution in [0.3, 0.4) is 0 Å². The highest BCUT2D eigenvalue weighted by Gasteiger charge is 2.12. The van der Waals surface area contributed by atoms with Gasteiger partial charge in [-0.15, -0.1) is 0 Å². The molecule has 3 amide bonds. The number of amides is 3. The molecule has 0 radical (unpaired) electrons. The lowest BCUT2D eigenvalue weighted by atomic mass is 10.1. The van der Waals surface area contributed by atoms with Crippen LogP contribution in [0, 0.1) is 5.92 Å². The number of hydrogen-bond acceptors (Lipinski definition) is 5. The van der Waals surface area contributed by atoms with Crippen molar-refractivity contribution in [2.45, 2.75) is 33.1 Å². The number of benzene rings is 2. The molecule has 32 heavy (non-hydrogen) atoms. The molecule has 0 aliphatic rings. The number of nitrogens with one attached hydrogen (secondary N) is 3. The van der Waals surface area contributed by atoms with Gasteiger partial charge in [0.05, 0.1) is 13.7 Å². The van der Waals surface area contributed by atoms with Crippen LogP contribution in [0.1, 0.15) is 53.8 Å². The number of carbonyl (C=O) groups excluding carboxylic acids is 3. The minimum Gasteiger partial charge on any atom is -0.493 e. The molecule has 0 spiro atoms. The Balaban J connectivity index is 1.73. The minimum atomic E-state index is -0.470. The van der Waals surface area contributed by atoms with E-state index in [0.29, 0.717) is 48.1 Å². The van der Waals surface area contributed by atoms with Gasteiger partial charge in [-0.2, -0.15) is 0 Å². The Morgan fingerprint density at radius 1 is 0.906 bits per heavy atom. The van der Waals surface area contributed by atoms with Gasteiger partial charge in [-0.3, -0.25) is 25.2 Å². The number of rotatable bonds is 11. The van der Waals surface area contributed by atoms with Crippen LogP contribution in [-0.4, -0.2) is 38.0 Å². The Morgan fingerprint density at radius 2 is 1.66 bits per heavy atom. The zero-order chi connectivity index (χ0) is 23.3. The lowest BCUT2D eigenvalue weighted by Crippen LogP contribution is -2.41. The van der Waals surface area contributed by atoms with Gasteiger partial charge in [0, 0.05) is 24.1 Å². The Morgan fingerprint density at radius 3 is 2.34 bits per heavy atom. The first-order valence-corrected chi connectivity index (χ1v) is 10.6. The molecule has 2 aromatic carbocycles. The van der Waals surface area contributed by atoms with Crippen molar-refractivity contribution in [3.63, 3.8) is 0 Å². The Labute approximate surface area is 188 Å². The van der Waals surface area contributed by atoms with Gasteiger partial charge in [-0.25, -0.2) is 0 Å². The molecule has 8 heteroatoms. The molecule has 8 nitrogen and oxygen atoms in total. The van der Waals surface area contributed by atoms with Crippen molar-refractivity contribution in [2.24, 2.45) is 5.92 Å². The second-order valence-electron chi connectivity index (χ2n) is 7.62. The van der Waals surface area contributed by atoms with Gasteiger partial charge in [0.15, 0.2) is 11.5 Å². The molecule has 0 bridgehead atoms. The lowest BCUT2D eigenvalue weighted by molar-refractivity contribution is -0.121. The minimum absolute atomic E-state index is 0.154. The van der Waals surface area contributed by atoms with Crippen LogP contribution in [0.4, 0.5) is 0 Å². The fourth-order valence-corrected chi connectivity index (χ4v) is 2.74. The monoisotopic (exact) mass is 441 g/mol. The molecule has 172 valence electrons. The zero-order valence-electron chi connectivity index (χ0n) is 18.8. The molecule has 0 unspecified atom stereocenters. The molecule has 0 fully saturated rings. The van der Waals surface area contributed by atoms with Crippen LogP contribution in [0.5, 0.6) is 11.5 Å². The Hall–Kier alpha value is -3.55. The fraction of sp³-hybridized carbons (Fsp3) is 0.375. The zero-order valence-corrected chi connectivity index (χ0v) is 18.8. The van der Waals surface area contributed by atoms with Crippen molar-refractivity contribution in [1.82, 2.24) is 16.2 Å². The number of ether oxygens (including phenoxy) is 2. The quantitative estimate of drug-likeness (QED) is 0.367. The highest BCUT2D eigenvalue weighted by Crippen LogP contribution is 2.28. The van der Waals surface area contributed by atoms with Gasteiger partial charge < -0.3 is 14.8 Å². The third kappa shape index (κ3) is 8.29. The van der Waals surface area contributed by atoms with Gasteiger partial charge >= 0.3 is 0 Å².